The van der Waals surface area contributed by atoms with Crippen LogP contribution < -0.4 is 0 Å². The molecular formula is C22H20S4. The van der Waals surface area contributed by atoms with E-state index in [4.69, 9.17) is 0 Å². The Kier molecular flexibility index (Phi) is 4.95. The first-order valence-corrected chi connectivity index (χ1v) is 12.9. The lowest BCUT2D eigenvalue weighted by Crippen LogP contribution is -2.23. The second-order valence-corrected chi connectivity index (χ2v) is 11.6. The molecule has 2 aliphatic carbocycles. The van der Waals surface area contributed by atoms with Crippen molar-refractivity contribution in [2.75, 3.05) is 23.0 Å². The largest absolute Gasteiger partial charge is 0.118 e. The normalized spacial score (nSPS) is 27.1. The Morgan fingerprint density at radius 3 is 1.85 bits per heavy atom. The van der Waals surface area contributed by atoms with Crippen LogP contribution in [-0.2, 0) is 0 Å². The maximum Gasteiger partial charge on any atom is 0.0446 e. The predicted molar refractivity (Wildman–Crippen MR) is 125 cm³/mol. The molecule has 2 unspecified atom stereocenters. The summed E-state index contributed by atoms with van der Waals surface area (Å²) in [6, 6.07) is 6.95. The number of allylic oxidation sites excluding steroid dienone is 6. The molecule has 2 heterocycles. The Morgan fingerprint density at radius 1 is 0.769 bits per heavy atom. The van der Waals surface area contributed by atoms with E-state index in [0.717, 1.165) is 0 Å². The lowest BCUT2D eigenvalue weighted by atomic mass is 9.68. The number of rotatable bonds is 1. The van der Waals surface area contributed by atoms with Gasteiger partial charge in [0, 0.05) is 43.3 Å². The molecule has 0 radical (unpaired) electrons. The van der Waals surface area contributed by atoms with Crippen molar-refractivity contribution in [2.24, 2.45) is 11.8 Å². The smallest absolute Gasteiger partial charge is 0.0446 e. The van der Waals surface area contributed by atoms with E-state index >= 15 is 0 Å². The Hall–Kier alpha value is -0.680. The van der Waals surface area contributed by atoms with Crippen molar-refractivity contribution in [1.29, 1.82) is 0 Å². The summed E-state index contributed by atoms with van der Waals surface area (Å²) in [6.07, 6.45) is 11.3. The summed E-state index contributed by atoms with van der Waals surface area (Å²) in [5.74, 6) is 5.87. The number of hydrogen-bond donors (Lipinski definition) is 0. The van der Waals surface area contributed by atoms with E-state index < -0.39 is 0 Å². The van der Waals surface area contributed by atoms with E-state index in [9.17, 15) is 0 Å². The molecule has 2 atom stereocenters. The Balaban J connectivity index is 1.81. The minimum Gasteiger partial charge on any atom is -0.118 e. The third-order valence-corrected chi connectivity index (χ3v) is 10.7. The van der Waals surface area contributed by atoms with Gasteiger partial charge < -0.3 is 0 Å². The van der Waals surface area contributed by atoms with E-state index in [0.29, 0.717) is 11.8 Å². The van der Waals surface area contributed by atoms with E-state index in [1.807, 2.05) is 53.1 Å². The molecule has 2 fully saturated rings. The van der Waals surface area contributed by atoms with Crippen LogP contribution in [0.25, 0.3) is 17.2 Å². The number of thioether (sulfide) groups is 4. The standard InChI is InChI=1S/C22H20S4/c1-2-14-7-8-17-18(13-14)20(22-25-11-12-26-22)16-6-4-3-5-15(16)19(17)21-23-9-10-24-21/h2-8,13,15-16H,1,9-12H2. The Labute approximate surface area is 172 Å². The Bertz CT molecular complexity index is 871. The summed E-state index contributed by atoms with van der Waals surface area (Å²) in [7, 11) is 0. The highest BCUT2D eigenvalue weighted by Gasteiger charge is 2.38. The fourth-order valence-electron chi connectivity index (χ4n) is 4.09. The predicted octanol–water partition coefficient (Wildman–Crippen LogP) is 7.00. The van der Waals surface area contributed by atoms with Crippen LogP contribution in [0.15, 0.2) is 57.6 Å². The average molecular weight is 413 g/mol. The van der Waals surface area contributed by atoms with Crippen LogP contribution in [0.5, 0.6) is 0 Å². The van der Waals surface area contributed by atoms with Gasteiger partial charge in [-0.1, -0.05) is 49.1 Å². The number of hydrogen-bond acceptors (Lipinski definition) is 4. The van der Waals surface area contributed by atoms with Crippen LogP contribution >= 0.6 is 47.0 Å². The van der Waals surface area contributed by atoms with Gasteiger partial charge in [-0.15, -0.1) is 47.0 Å². The molecule has 0 aromatic heterocycles. The van der Waals surface area contributed by atoms with E-state index in [1.165, 1.54) is 43.9 Å². The van der Waals surface area contributed by atoms with Gasteiger partial charge in [-0.25, -0.2) is 0 Å². The molecule has 26 heavy (non-hydrogen) atoms. The van der Waals surface area contributed by atoms with Gasteiger partial charge in [0.2, 0.25) is 0 Å². The topological polar surface area (TPSA) is 0 Å². The number of benzene rings is 1. The van der Waals surface area contributed by atoms with Crippen LogP contribution in [0.3, 0.4) is 0 Å². The zero-order valence-corrected chi connectivity index (χ0v) is 17.7. The maximum absolute atomic E-state index is 4.01. The van der Waals surface area contributed by atoms with Gasteiger partial charge in [0.15, 0.2) is 0 Å². The van der Waals surface area contributed by atoms with Gasteiger partial charge in [0.25, 0.3) is 0 Å². The van der Waals surface area contributed by atoms with Crippen LogP contribution in [0.1, 0.15) is 16.7 Å². The van der Waals surface area contributed by atoms with Crippen molar-refractivity contribution in [1.82, 2.24) is 0 Å². The Morgan fingerprint density at radius 2 is 1.31 bits per heavy atom. The SMILES string of the molecule is C=Cc1ccc2c(c1)C(=C1SCCS1)C1C=CC=CC1C2=C1SCCS1. The summed E-state index contributed by atoms with van der Waals surface area (Å²) in [6.45, 7) is 4.01. The fraction of sp³-hybridized carbons (Fsp3) is 0.273. The quantitative estimate of drug-likeness (QED) is 0.487. The summed E-state index contributed by atoms with van der Waals surface area (Å²) in [4.78, 5) is 0. The van der Waals surface area contributed by atoms with Crippen LogP contribution in [0, 0.1) is 11.8 Å². The first kappa shape index (κ1) is 17.4. The van der Waals surface area contributed by atoms with E-state index in [-0.39, 0.29) is 0 Å². The van der Waals surface area contributed by atoms with Crippen molar-refractivity contribution in [2.45, 2.75) is 0 Å². The van der Waals surface area contributed by atoms with Crippen molar-refractivity contribution in [3.05, 3.63) is 74.2 Å². The molecule has 1 aromatic carbocycles. The third kappa shape index (κ3) is 2.90. The molecule has 0 nitrogen and oxygen atoms in total. The minimum atomic E-state index is 0.463. The highest BCUT2D eigenvalue weighted by Crippen LogP contribution is 2.57. The zero-order valence-electron chi connectivity index (χ0n) is 14.4. The second-order valence-electron chi connectivity index (χ2n) is 6.63. The molecule has 5 rings (SSSR count). The first-order valence-electron chi connectivity index (χ1n) is 8.98. The van der Waals surface area contributed by atoms with Crippen molar-refractivity contribution >= 4 is 64.3 Å². The summed E-state index contributed by atoms with van der Waals surface area (Å²) < 4.78 is 3.08. The molecule has 4 heteroatoms. The van der Waals surface area contributed by atoms with Gasteiger partial charge in [-0.05, 0) is 33.9 Å². The molecule has 1 aromatic rings. The van der Waals surface area contributed by atoms with E-state index in [1.54, 1.807) is 15.4 Å². The van der Waals surface area contributed by atoms with Gasteiger partial charge in [0.1, 0.15) is 0 Å². The van der Waals surface area contributed by atoms with E-state index in [2.05, 4.69) is 49.1 Å². The van der Waals surface area contributed by atoms with Crippen molar-refractivity contribution < 1.29 is 0 Å². The van der Waals surface area contributed by atoms with Gasteiger partial charge in [0.05, 0.1) is 0 Å². The monoisotopic (exact) mass is 412 g/mol. The van der Waals surface area contributed by atoms with Crippen molar-refractivity contribution in [3.8, 4) is 0 Å². The molecule has 0 amide bonds. The van der Waals surface area contributed by atoms with Gasteiger partial charge in [-0.2, -0.15) is 0 Å². The molecule has 132 valence electrons. The third-order valence-electron chi connectivity index (χ3n) is 5.20. The van der Waals surface area contributed by atoms with Gasteiger partial charge in [-0.3, -0.25) is 0 Å². The minimum absolute atomic E-state index is 0.463. The molecule has 2 aliphatic heterocycles. The molecule has 2 saturated heterocycles. The summed E-state index contributed by atoms with van der Waals surface area (Å²) in [5, 5.41) is 0. The first-order chi connectivity index (χ1) is 12.9. The molecule has 0 bridgehead atoms. The zero-order chi connectivity index (χ0) is 17.5. The summed E-state index contributed by atoms with van der Waals surface area (Å²) in [5.41, 5.74) is 7.23. The maximum atomic E-state index is 4.01. The molecule has 4 aliphatic rings. The summed E-state index contributed by atoms with van der Waals surface area (Å²) >= 11 is 8.19. The highest BCUT2D eigenvalue weighted by atomic mass is 32.2. The number of fused-ring (bicyclic) bond motifs is 2. The van der Waals surface area contributed by atoms with Crippen LogP contribution in [0.4, 0.5) is 0 Å². The highest BCUT2D eigenvalue weighted by molar-refractivity contribution is 8.25. The second kappa shape index (κ2) is 7.38. The molecule has 0 spiro atoms. The molecule has 0 saturated carbocycles. The lowest BCUT2D eigenvalue weighted by Gasteiger charge is -2.37. The van der Waals surface area contributed by atoms with Crippen LogP contribution in [-0.4, -0.2) is 23.0 Å². The lowest BCUT2D eigenvalue weighted by molar-refractivity contribution is 0.689. The average Bonchev–Trinajstić information content (AvgIpc) is 3.39. The van der Waals surface area contributed by atoms with Crippen LogP contribution in [0.2, 0.25) is 0 Å². The molecular weight excluding hydrogens is 393 g/mol. The van der Waals surface area contributed by atoms with Crippen molar-refractivity contribution in [3.63, 3.8) is 0 Å². The van der Waals surface area contributed by atoms with Gasteiger partial charge >= 0.3 is 0 Å². The fourth-order valence-corrected chi connectivity index (χ4v) is 9.44. The molecule has 0 N–H and O–H groups in total.